The minimum absolute atomic E-state index is 0.0366. The van der Waals surface area contributed by atoms with Crippen molar-refractivity contribution in [2.75, 3.05) is 19.7 Å². The highest BCUT2D eigenvalue weighted by Crippen LogP contribution is 2.04. The number of rotatable bonds is 2. The number of ether oxygens (including phenoxy) is 1. The van der Waals surface area contributed by atoms with Crippen molar-refractivity contribution in [3.05, 3.63) is 0 Å². The van der Waals surface area contributed by atoms with E-state index in [9.17, 15) is 4.79 Å². The predicted molar refractivity (Wildman–Crippen MR) is 55.3 cm³/mol. The first-order valence-corrected chi connectivity index (χ1v) is 5.30. The van der Waals surface area contributed by atoms with Gasteiger partial charge in [0.1, 0.15) is 0 Å². The Labute approximate surface area is 85.6 Å². The van der Waals surface area contributed by atoms with Gasteiger partial charge >= 0.3 is 6.03 Å². The highest BCUT2D eigenvalue weighted by molar-refractivity contribution is 5.74. The Morgan fingerprint density at radius 2 is 2.43 bits per heavy atom. The molecule has 4 nitrogen and oxygen atoms in total. The van der Waals surface area contributed by atoms with E-state index < -0.39 is 0 Å². The van der Waals surface area contributed by atoms with Crippen molar-refractivity contribution in [3.8, 4) is 0 Å². The molecule has 1 fully saturated rings. The van der Waals surface area contributed by atoms with Gasteiger partial charge in [0.05, 0.1) is 12.7 Å². The fourth-order valence-electron chi connectivity index (χ4n) is 1.41. The maximum absolute atomic E-state index is 11.7. The van der Waals surface area contributed by atoms with Crippen molar-refractivity contribution in [3.63, 3.8) is 0 Å². The van der Waals surface area contributed by atoms with Gasteiger partial charge < -0.3 is 15.0 Å². The van der Waals surface area contributed by atoms with Crippen LogP contribution >= 0.6 is 0 Å². The summed E-state index contributed by atoms with van der Waals surface area (Å²) in [5.74, 6) is 0. The van der Waals surface area contributed by atoms with E-state index in [0.717, 1.165) is 6.42 Å². The Morgan fingerprint density at radius 3 is 3.00 bits per heavy atom. The van der Waals surface area contributed by atoms with Crippen LogP contribution in [0.1, 0.15) is 27.2 Å². The van der Waals surface area contributed by atoms with Crippen LogP contribution in [0, 0.1) is 0 Å². The number of urea groups is 1. The fraction of sp³-hybridized carbons (Fsp3) is 0.900. The number of morpholine rings is 1. The molecule has 0 aromatic rings. The van der Waals surface area contributed by atoms with Gasteiger partial charge in [0.15, 0.2) is 0 Å². The Kier molecular flexibility index (Phi) is 4.20. The molecular formula is C10H20N2O2. The quantitative estimate of drug-likeness (QED) is 0.728. The summed E-state index contributed by atoms with van der Waals surface area (Å²) in [5, 5.41) is 2.95. The molecule has 0 aromatic carbocycles. The molecule has 0 bridgehead atoms. The number of nitrogens with one attached hydrogen (secondary N) is 1. The van der Waals surface area contributed by atoms with E-state index in [2.05, 4.69) is 12.2 Å². The number of carbonyl (C=O) groups is 1. The molecule has 1 N–H and O–H groups in total. The third kappa shape index (κ3) is 3.18. The molecule has 0 aliphatic carbocycles. The van der Waals surface area contributed by atoms with Crippen molar-refractivity contribution < 1.29 is 9.53 Å². The van der Waals surface area contributed by atoms with Gasteiger partial charge in [-0.2, -0.15) is 0 Å². The first-order valence-electron chi connectivity index (χ1n) is 5.30. The van der Waals surface area contributed by atoms with E-state index in [-0.39, 0.29) is 18.2 Å². The van der Waals surface area contributed by atoms with Gasteiger partial charge in [0.25, 0.3) is 0 Å². The van der Waals surface area contributed by atoms with Gasteiger partial charge in [-0.25, -0.2) is 4.79 Å². The molecule has 1 aliphatic rings. The molecule has 2 amide bonds. The van der Waals surface area contributed by atoms with Crippen molar-refractivity contribution in [2.45, 2.75) is 39.3 Å². The molecule has 14 heavy (non-hydrogen) atoms. The van der Waals surface area contributed by atoms with Crippen LogP contribution in [0.15, 0.2) is 0 Å². The first kappa shape index (κ1) is 11.3. The van der Waals surface area contributed by atoms with Gasteiger partial charge in [0, 0.05) is 19.1 Å². The van der Waals surface area contributed by atoms with Crippen LogP contribution in [-0.2, 0) is 4.74 Å². The predicted octanol–water partition coefficient (Wildman–Crippen LogP) is 1.22. The Bertz CT molecular complexity index is 197. The van der Waals surface area contributed by atoms with Crippen LogP contribution in [0.25, 0.3) is 0 Å². The van der Waals surface area contributed by atoms with Gasteiger partial charge in [-0.3, -0.25) is 0 Å². The fourth-order valence-corrected chi connectivity index (χ4v) is 1.41. The first-order chi connectivity index (χ1) is 6.63. The molecule has 0 aromatic heterocycles. The summed E-state index contributed by atoms with van der Waals surface area (Å²) in [6.45, 7) is 8.11. The van der Waals surface area contributed by atoms with Crippen LogP contribution in [-0.4, -0.2) is 42.8 Å². The topological polar surface area (TPSA) is 41.6 Å². The van der Waals surface area contributed by atoms with E-state index >= 15 is 0 Å². The summed E-state index contributed by atoms with van der Waals surface area (Å²) >= 11 is 0. The minimum atomic E-state index is 0.0366. The normalized spacial score (nSPS) is 24.5. The zero-order valence-corrected chi connectivity index (χ0v) is 9.25. The van der Waals surface area contributed by atoms with Crippen molar-refractivity contribution in [2.24, 2.45) is 0 Å². The largest absolute Gasteiger partial charge is 0.375 e. The van der Waals surface area contributed by atoms with E-state index in [1.165, 1.54) is 0 Å². The average Bonchev–Trinajstić information content (AvgIpc) is 2.17. The molecule has 82 valence electrons. The lowest BCUT2D eigenvalue weighted by molar-refractivity contribution is -0.00380. The van der Waals surface area contributed by atoms with Crippen molar-refractivity contribution in [1.29, 1.82) is 0 Å². The third-order valence-electron chi connectivity index (χ3n) is 2.51. The van der Waals surface area contributed by atoms with Gasteiger partial charge in [-0.1, -0.05) is 6.92 Å². The molecule has 0 radical (unpaired) electrons. The average molecular weight is 200 g/mol. The summed E-state index contributed by atoms with van der Waals surface area (Å²) < 4.78 is 5.37. The van der Waals surface area contributed by atoms with Crippen molar-refractivity contribution >= 4 is 6.03 Å². The lowest BCUT2D eigenvalue weighted by Crippen LogP contribution is -2.50. The molecule has 0 spiro atoms. The second-order valence-electron chi connectivity index (χ2n) is 3.89. The molecule has 1 saturated heterocycles. The second-order valence-corrected chi connectivity index (χ2v) is 3.89. The van der Waals surface area contributed by atoms with Crippen LogP contribution < -0.4 is 5.32 Å². The Hall–Kier alpha value is -0.770. The van der Waals surface area contributed by atoms with E-state index in [1.807, 2.05) is 18.7 Å². The summed E-state index contributed by atoms with van der Waals surface area (Å²) in [6, 6.07) is 0.287. The molecule has 1 rings (SSSR count). The van der Waals surface area contributed by atoms with Gasteiger partial charge in [-0.05, 0) is 20.3 Å². The Balaban J connectivity index is 2.36. The van der Waals surface area contributed by atoms with Crippen LogP contribution in [0.5, 0.6) is 0 Å². The molecule has 1 heterocycles. The maximum Gasteiger partial charge on any atom is 0.317 e. The zero-order valence-electron chi connectivity index (χ0n) is 9.25. The van der Waals surface area contributed by atoms with E-state index in [1.54, 1.807) is 0 Å². The molecule has 2 atom stereocenters. The highest BCUT2D eigenvalue weighted by Gasteiger charge is 2.21. The smallest absolute Gasteiger partial charge is 0.317 e. The number of hydrogen-bond donors (Lipinski definition) is 1. The number of hydrogen-bond acceptors (Lipinski definition) is 2. The number of amides is 2. The standard InChI is InChI=1S/C10H20N2O2/c1-4-8(2)11-10(13)12-5-6-14-9(3)7-12/h8-9H,4-7H2,1-3H3,(H,11,13). The summed E-state index contributed by atoms with van der Waals surface area (Å²) in [6.07, 6.45) is 1.12. The van der Waals surface area contributed by atoms with Gasteiger partial charge in [-0.15, -0.1) is 0 Å². The summed E-state index contributed by atoms with van der Waals surface area (Å²) in [7, 11) is 0. The molecular weight excluding hydrogens is 180 g/mol. The summed E-state index contributed by atoms with van der Waals surface area (Å²) in [4.78, 5) is 13.5. The van der Waals surface area contributed by atoms with E-state index in [4.69, 9.17) is 4.74 Å². The summed E-state index contributed by atoms with van der Waals surface area (Å²) in [5.41, 5.74) is 0. The highest BCUT2D eigenvalue weighted by atomic mass is 16.5. The van der Waals surface area contributed by atoms with Crippen LogP contribution in [0.3, 0.4) is 0 Å². The molecule has 4 heteroatoms. The lowest BCUT2D eigenvalue weighted by Gasteiger charge is -2.32. The molecule has 1 aliphatic heterocycles. The third-order valence-corrected chi connectivity index (χ3v) is 2.51. The SMILES string of the molecule is CCC(C)NC(=O)N1CCOC(C)C1. The minimum Gasteiger partial charge on any atom is -0.375 e. The number of carbonyl (C=O) groups excluding carboxylic acids is 1. The Morgan fingerprint density at radius 1 is 1.71 bits per heavy atom. The second kappa shape index (κ2) is 5.20. The lowest BCUT2D eigenvalue weighted by atomic mass is 10.2. The van der Waals surface area contributed by atoms with E-state index in [0.29, 0.717) is 19.7 Å². The van der Waals surface area contributed by atoms with Crippen LogP contribution in [0.4, 0.5) is 4.79 Å². The monoisotopic (exact) mass is 200 g/mol. The maximum atomic E-state index is 11.7. The molecule has 0 saturated carbocycles. The van der Waals surface area contributed by atoms with Crippen LogP contribution in [0.2, 0.25) is 0 Å². The number of nitrogens with zero attached hydrogens (tertiary/aromatic N) is 1. The van der Waals surface area contributed by atoms with Gasteiger partial charge in [0.2, 0.25) is 0 Å². The van der Waals surface area contributed by atoms with Crippen molar-refractivity contribution in [1.82, 2.24) is 10.2 Å². The zero-order chi connectivity index (χ0) is 10.6. The molecule has 2 unspecified atom stereocenters.